The largest absolute Gasteiger partial charge is 0.388 e. The Morgan fingerprint density at radius 2 is 2.05 bits per heavy atom. The van der Waals surface area contributed by atoms with E-state index in [1.807, 2.05) is 6.92 Å². The Morgan fingerprint density at radius 3 is 2.71 bits per heavy atom. The molecule has 0 aromatic rings. The number of hydrogen-bond acceptors (Lipinski definition) is 6. The number of aliphatic hydroxyl groups excluding tert-OH is 2. The van der Waals surface area contributed by atoms with Crippen LogP contribution in [0.5, 0.6) is 0 Å². The van der Waals surface area contributed by atoms with Gasteiger partial charge in [-0.1, -0.05) is 24.6 Å². The Hall–Kier alpha value is -0.340. The second-order valence-electron chi connectivity index (χ2n) is 6.20. The first-order valence-corrected chi connectivity index (χ1v) is 8.65. The second-order valence-corrected chi connectivity index (χ2v) is 7.29. The van der Waals surface area contributed by atoms with Crippen molar-refractivity contribution < 1.29 is 14.9 Å². The Labute approximate surface area is 129 Å². The third kappa shape index (κ3) is 3.07. The number of aliphatic hydroxyl groups is 2. The fourth-order valence-electron chi connectivity index (χ4n) is 3.52. The van der Waals surface area contributed by atoms with E-state index in [1.165, 1.54) is 37.4 Å². The molecule has 3 aliphatic rings. The Kier molecular flexibility index (Phi) is 4.75. The standard InChI is InChI=1S/C14H25N3O3S/c1-7(16-8-5-3-4-6-8)12-11(19)10(18)9-13(20-12)21-14(15-2)17-9/h7-13,16,18-19H,3-6H2,1-2H3,(H,15,17)/t7-,9-,10-,11+,12+,13-/m1/s1. The predicted octanol–water partition coefficient (Wildman–Crippen LogP) is 0.0446. The number of nitrogens with zero attached hydrogens (tertiary/aromatic N) is 1. The summed E-state index contributed by atoms with van der Waals surface area (Å²) >= 11 is 1.48. The van der Waals surface area contributed by atoms with Crippen molar-refractivity contribution in [2.24, 2.45) is 4.99 Å². The summed E-state index contributed by atoms with van der Waals surface area (Å²) in [6.45, 7) is 2.03. The third-order valence-electron chi connectivity index (χ3n) is 4.71. The zero-order valence-electron chi connectivity index (χ0n) is 12.5. The van der Waals surface area contributed by atoms with E-state index < -0.39 is 18.3 Å². The monoisotopic (exact) mass is 315 g/mol. The van der Waals surface area contributed by atoms with Crippen LogP contribution in [0.2, 0.25) is 0 Å². The number of ether oxygens (including phenoxy) is 1. The van der Waals surface area contributed by atoms with Crippen molar-refractivity contribution >= 4 is 16.9 Å². The van der Waals surface area contributed by atoms with E-state index in [0.29, 0.717) is 6.04 Å². The summed E-state index contributed by atoms with van der Waals surface area (Å²) in [5.74, 6) is 0. The van der Waals surface area contributed by atoms with E-state index >= 15 is 0 Å². The number of fused-ring (bicyclic) bond motifs is 1. The first-order valence-electron chi connectivity index (χ1n) is 7.77. The lowest BCUT2D eigenvalue weighted by molar-refractivity contribution is -0.164. The molecule has 1 aliphatic carbocycles. The highest BCUT2D eigenvalue weighted by atomic mass is 32.2. The fourth-order valence-corrected chi connectivity index (χ4v) is 4.61. The first-order chi connectivity index (χ1) is 10.1. The van der Waals surface area contributed by atoms with Gasteiger partial charge < -0.3 is 25.6 Å². The van der Waals surface area contributed by atoms with Crippen molar-refractivity contribution in [2.75, 3.05) is 7.05 Å². The molecule has 6 nitrogen and oxygen atoms in total. The molecule has 0 aromatic heterocycles. The van der Waals surface area contributed by atoms with Gasteiger partial charge in [0.05, 0.1) is 6.04 Å². The minimum atomic E-state index is -0.889. The number of thioether (sulfide) groups is 1. The Morgan fingerprint density at radius 1 is 1.33 bits per heavy atom. The van der Waals surface area contributed by atoms with E-state index in [-0.39, 0.29) is 17.5 Å². The average molecular weight is 315 g/mol. The average Bonchev–Trinajstić information content (AvgIpc) is 3.11. The minimum absolute atomic E-state index is 0.0157. The van der Waals surface area contributed by atoms with Crippen molar-refractivity contribution in [2.45, 2.75) is 74.5 Å². The van der Waals surface area contributed by atoms with Crippen LogP contribution in [0.4, 0.5) is 0 Å². The third-order valence-corrected chi connectivity index (χ3v) is 5.87. The van der Waals surface area contributed by atoms with Gasteiger partial charge in [0.1, 0.15) is 23.7 Å². The van der Waals surface area contributed by atoms with E-state index in [4.69, 9.17) is 4.74 Å². The maximum atomic E-state index is 10.4. The summed E-state index contributed by atoms with van der Waals surface area (Å²) in [4.78, 5) is 4.10. The topological polar surface area (TPSA) is 86.1 Å². The van der Waals surface area contributed by atoms with Gasteiger partial charge in [-0.25, -0.2) is 0 Å². The van der Waals surface area contributed by atoms with Crippen molar-refractivity contribution in [1.29, 1.82) is 0 Å². The van der Waals surface area contributed by atoms with Crippen LogP contribution >= 0.6 is 11.8 Å². The van der Waals surface area contributed by atoms with Crippen LogP contribution in [-0.2, 0) is 4.74 Å². The van der Waals surface area contributed by atoms with Crippen LogP contribution < -0.4 is 10.6 Å². The second kappa shape index (κ2) is 6.42. The summed E-state index contributed by atoms with van der Waals surface area (Å²) in [5, 5.41) is 28.2. The molecule has 7 heteroatoms. The summed E-state index contributed by atoms with van der Waals surface area (Å²) in [6.07, 6.45) is 2.78. The summed E-state index contributed by atoms with van der Waals surface area (Å²) in [7, 11) is 1.71. The summed E-state index contributed by atoms with van der Waals surface area (Å²) < 4.78 is 6.04. The molecular formula is C14H25N3O3S. The number of rotatable bonds is 3. The lowest BCUT2D eigenvalue weighted by atomic mass is 9.93. The zero-order valence-corrected chi connectivity index (χ0v) is 13.3. The van der Waals surface area contributed by atoms with Crippen LogP contribution in [0.25, 0.3) is 0 Å². The van der Waals surface area contributed by atoms with E-state index in [2.05, 4.69) is 15.6 Å². The van der Waals surface area contributed by atoms with Gasteiger partial charge in [0.25, 0.3) is 0 Å². The molecule has 3 fully saturated rings. The molecular weight excluding hydrogens is 290 g/mol. The zero-order chi connectivity index (χ0) is 15.0. The summed E-state index contributed by atoms with van der Waals surface area (Å²) in [6, 6.07) is 0.230. The van der Waals surface area contributed by atoms with Crippen LogP contribution in [0.3, 0.4) is 0 Å². The molecule has 0 spiro atoms. The molecule has 6 atom stereocenters. The quantitative estimate of drug-likeness (QED) is 0.589. The molecule has 0 unspecified atom stereocenters. The van der Waals surface area contributed by atoms with E-state index in [1.54, 1.807) is 7.05 Å². The highest BCUT2D eigenvalue weighted by Crippen LogP contribution is 2.35. The fraction of sp³-hybridized carbons (Fsp3) is 0.929. The first kappa shape index (κ1) is 15.6. The van der Waals surface area contributed by atoms with E-state index in [9.17, 15) is 10.2 Å². The molecule has 2 aliphatic heterocycles. The van der Waals surface area contributed by atoms with Crippen LogP contribution in [-0.4, -0.2) is 64.3 Å². The molecule has 1 saturated carbocycles. The maximum absolute atomic E-state index is 10.4. The van der Waals surface area contributed by atoms with Gasteiger partial charge in [-0.2, -0.15) is 0 Å². The Bertz CT molecular complexity index is 403. The number of nitrogens with one attached hydrogen (secondary N) is 2. The van der Waals surface area contributed by atoms with Crippen LogP contribution in [0, 0.1) is 0 Å². The van der Waals surface area contributed by atoms with Crippen LogP contribution in [0.1, 0.15) is 32.6 Å². The van der Waals surface area contributed by atoms with Crippen molar-refractivity contribution in [3.8, 4) is 0 Å². The SMILES string of the molecule is CN=C1N[C@@H]2[C@@H](O)[C@H](O)[C@H]([C@@H](C)NC3CCCC3)O[C@@H]2S1. The molecule has 4 N–H and O–H groups in total. The molecule has 120 valence electrons. The molecule has 3 rings (SSSR count). The van der Waals surface area contributed by atoms with E-state index in [0.717, 1.165) is 5.17 Å². The lowest BCUT2D eigenvalue weighted by Crippen LogP contribution is -2.63. The van der Waals surface area contributed by atoms with Gasteiger partial charge in [0.2, 0.25) is 0 Å². The normalized spacial score (nSPS) is 43.8. The molecule has 0 amide bonds. The molecule has 21 heavy (non-hydrogen) atoms. The highest BCUT2D eigenvalue weighted by molar-refractivity contribution is 8.14. The van der Waals surface area contributed by atoms with Crippen LogP contribution in [0.15, 0.2) is 4.99 Å². The lowest BCUT2D eigenvalue weighted by Gasteiger charge is -2.42. The van der Waals surface area contributed by atoms with Gasteiger partial charge in [-0.15, -0.1) is 0 Å². The molecule has 0 bridgehead atoms. The predicted molar refractivity (Wildman–Crippen MR) is 83.4 cm³/mol. The van der Waals surface area contributed by atoms with Crippen molar-refractivity contribution in [3.63, 3.8) is 0 Å². The van der Waals surface area contributed by atoms with Crippen molar-refractivity contribution in [1.82, 2.24) is 10.6 Å². The number of hydrogen-bond donors (Lipinski definition) is 4. The highest BCUT2D eigenvalue weighted by Gasteiger charge is 2.50. The molecule has 0 aromatic carbocycles. The van der Waals surface area contributed by atoms with Crippen molar-refractivity contribution in [3.05, 3.63) is 0 Å². The van der Waals surface area contributed by atoms with Gasteiger partial charge in [0.15, 0.2) is 5.17 Å². The maximum Gasteiger partial charge on any atom is 0.159 e. The van der Waals surface area contributed by atoms with Gasteiger partial charge in [-0.3, -0.25) is 4.99 Å². The molecule has 2 saturated heterocycles. The van der Waals surface area contributed by atoms with Gasteiger partial charge in [0, 0.05) is 19.1 Å². The molecule has 0 radical (unpaired) electrons. The Balaban J connectivity index is 1.65. The smallest absolute Gasteiger partial charge is 0.159 e. The summed E-state index contributed by atoms with van der Waals surface area (Å²) in [5.41, 5.74) is -0.195. The molecule has 2 heterocycles. The van der Waals surface area contributed by atoms with Gasteiger partial charge >= 0.3 is 0 Å². The number of amidine groups is 1. The minimum Gasteiger partial charge on any atom is -0.388 e. The number of aliphatic imine (C=N–C) groups is 1. The van der Waals surface area contributed by atoms with Gasteiger partial charge in [-0.05, 0) is 19.8 Å².